The quantitative estimate of drug-likeness (QED) is 0.823. The van der Waals surface area contributed by atoms with Crippen molar-refractivity contribution in [3.05, 3.63) is 27.4 Å². The molecule has 20 heavy (non-hydrogen) atoms. The van der Waals surface area contributed by atoms with E-state index in [1.54, 1.807) is 17.7 Å². The minimum atomic E-state index is -0.285. The fourth-order valence-corrected chi connectivity index (χ4v) is 2.87. The maximum atomic E-state index is 4.37. The maximum absolute atomic E-state index is 4.37. The summed E-state index contributed by atoms with van der Waals surface area (Å²) >= 11 is 5.19. The molecule has 5 nitrogen and oxygen atoms in total. The van der Waals surface area contributed by atoms with Crippen LogP contribution in [-0.2, 0) is 5.54 Å². The molecular weight excluding hydrogens is 338 g/mol. The summed E-state index contributed by atoms with van der Waals surface area (Å²) in [4.78, 5) is 12.9. The van der Waals surface area contributed by atoms with Crippen molar-refractivity contribution in [2.75, 3.05) is 17.2 Å². The van der Waals surface area contributed by atoms with Crippen molar-refractivity contribution in [1.82, 2.24) is 15.0 Å². The third-order valence-electron chi connectivity index (χ3n) is 2.73. The van der Waals surface area contributed by atoms with Gasteiger partial charge in [-0.1, -0.05) is 6.92 Å². The monoisotopic (exact) mass is 355 g/mol. The molecule has 0 aliphatic rings. The van der Waals surface area contributed by atoms with Gasteiger partial charge in [-0.15, -0.1) is 11.3 Å². The maximum Gasteiger partial charge on any atom is 0.146 e. The van der Waals surface area contributed by atoms with Gasteiger partial charge in [0.05, 0.1) is 5.54 Å². The Morgan fingerprint density at radius 1 is 1.25 bits per heavy atom. The smallest absolute Gasteiger partial charge is 0.146 e. The second-order valence-electron chi connectivity index (χ2n) is 4.90. The minimum absolute atomic E-state index is 0.285. The van der Waals surface area contributed by atoms with E-state index in [2.05, 4.69) is 62.3 Å². The van der Waals surface area contributed by atoms with Crippen LogP contribution >= 0.6 is 27.3 Å². The Morgan fingerprint density at radius 2 is 2.00 bits per heavy atom. The molecule has 0 aliphatic carbocycles. The molecule has 0 spiro atoms. The molecule has 0 atom stereocenters. The summed E-state index contributed by atoms with van der Waals surface area (Å²) in [7, 11) is 0. The lowest BCUT2D eigenvalue weighted by Gasteiger charge is -2.25. The van der Waals surface area contributed by atoms with Gasteiger partial charge in [-0.3, -0.25) is 0 Å². The van der Waals surface area contributed by atoms with Crippen LogP contribution in [0.4, 0.5) is 11.6 Å². The fraction of sp³-hybridized carbons (Fsp3) is 0.462. The van der Waals surface area contributed by atoms with Crippen molar-refractivity contribution in [2.45, 2.75) is 32.7 Å². The number of halogens is 1. The molecule has 2 aromatic rings. The Bertz CT molecular complexity index is 556. The first-order valence-electron chi connectivity index (χ1n) is 6.47. The summed E-state index contributed by atoms with van der Waals surface area (Å²) in [5.41, 5.74) is -0.285. The van der Waals surface area contributed by atoms with Crippen LogP contribution < -0.4 is 10.6 Å². The van der Waals surface area contributed by atoms with Gasteiger partial charge < -0.3 is 10.6 Å². The molecule has 0 unspecified atom stereocenters. The highest BCUT2D eigenvalue weighted by molar-refractivity contribution is 9.10. The van der Waals surface area contributed by atoms with Crippen molar-refractivity contribution in [3.8, 4) is 0 Å². The van der Waals surface area contributed by atoms with E-state index < -0.39 is 0 Å². The van der Waals surface area contributed by atoms with Gasteiger partial charge in [0.15, 0.2) is 0 Å². The van der Waals surface area contributed by atoms with Crippen molar-refractivity contribution in [2.24, 2.45) is 0 Å². The molecule has 0 radical (unpaired) electrons. The molecule has 0 saturated heterocycles. The van der Waals surface area contributed by atoms with E-state index in [1.807, 2.05) is 11.6 Å². The molecule has 0 fully saturated rings. The lowest BCUT2D eigenvalue weighted by Crippen LogP contribution is -2.28. The Hall–Kier alpha value is -1.21. The first-order chi connectivity index (χ1) is 9.54. The van der Waals surface area contributed by atoms with E-state index in [9.17, 15) is 0 Å². The molecule has 108 valence electrons. The third-order valence-corrected chi connectivity index (χ3v) is 4.58. The van der Waals surface area contributed by atoms with Crippen molar-refractivity contribution >= 4 is 38.9 Å². The van der Waals surface area contributed by atoms with Crippen LogP contribution in [0.25, 0.3) is 0 Å². The molecule has 2 rings (SSSR count). The van der Waals surface area contributed by atoms with Crippen LogP contribution in [0.1, 0.15) is 32.2 Å². The Kier molecular flexibility index (Phi) is 4.93. The number of aromatic nitrogens is 3. The SMILES string of the molecule is CCCNc1ncnc(NC(C)(C)c2nccs2)c1Br. The zero-order valence-corrected chi connectivity index (χ0v) is 14.2. The molecule has 0 aromatic carbocycles. The minimum Gasteiger partial charge on any atom is -0.369 e. The Balaban J connectivity index is 2.21. The predicted octanol–water partition coefficient (Wildman–Crippen LogP) is 3.86. The average Bonchev–Trinajstić information content (AvgIpc) is 2.94. The van der Waals surface area contributed by atoms with Gasteiger partial charge in [0.25, 0.3) is 0 Å². The number of nitrogens with zero attached hydrogens (tertiary/aromatic N) is 3. The molecule has 2 heterocycles. The van der Waals surface area contributed by atoms with Crippen LogP contribution in [0.15, 0.2) is 22.4 Å². The van der Waals surface area contributed by atoms with E-state index >= 15 is 0 Å². The molecule has 2 N–H and O–H groups in total. The first-order valence-corrected chi connectivity index (χ1v) is 8.14. The van der Waals surface area contributed by atoms with Gasteiger partial charge in [-0.05, 0) is 36.2 Å². The molecule has 2 aromatic heterocycles. The summed E-state index contributed by atoms with van der Waals surface area (Å²) in [6, 6.07) is 0. The molecule has 0 saturated carbocycles. The van der Waals surface area contributed by atoms with Crippen LogP contribution in [0, 0.1) is 0 Å². The summed E-state index contributed by atoms with van der Waals surface area (Å²) in [5, 5.41) is 9.68. The van der Waals surface area contributed by atoms with E-state index in [4.69, 9.17) is 0 Å². The zero-order chi connectivity index (χ0) is 14.6. The van der Waals surface area contributed by atoms with Crippen molar-refractivity contribution in [1.29, 1.82) is 0 Å². The molecule has 7 heteroatoms. The summed E-state index contributed by atoms with van der Waals surface area (Å²) in [6.45, 7) is 7.16. The first kappa shape index (κ1) is 15.2. The van der Waals surface area contributed by atoms with Gasteiger partial charge in [0.2, 0.25) is 0 Å². The highest BCUT2D eigenvalue weighted by Crippen LogP contribution is 2.32. The molecule has 0 bridgehead atoms. The number of thiazole rings is 1. The number of hydrogen-bond donors (Lipinski definition) is 2. The number of hydrogen-bond acceptors (Lipinski definition) is 6. The Labute approximate surface area is 131 Å². The lowest BCUT2D eigenvalue weighted by molar-refractivity contribution is 0.600. The van der Waals surface area contributed by atoms with E-state index in [0.29, 0.717) is 0 Å². The van der Waals surface area contributed by atoms with E-state index in [-0.39, 0.29) is 5.54 Å². The predicted molar refractivity (Wildman–Crippen MR) is 87.3 cm³/mol. The van der Waals surface area contributed by atoms with Crippen molar-refractivity contribution < 1.29 is 0 Å². The van der Waals surface area contributed by atoms with Crippen LogP contribution in [0.3, 0.4) is 0 Å². The third kappa shape index (κ3) is 3.46. The second-order valence-corrected chi connectivity index (χ2v) is 6.59. The summed E-state index contributed by atoms with van der Waals surface area (Å²) < 4.78 is 0.845. The van der Waals surface area contributed by atoms with Gasteiger partial charge in [-0.2, -0.15) is 0 Å². The van der Waals surface area contributed by atoms with Gasteiger partial charge in [0, 0.05) is 18.1 Å². The lowest BCUT2D eigenvalue weighted by atomic mass is 10.1. The number of anilines is 2. The molecule has 0 aliphatic heterocycles. The summed E-state index contributed by atoms with van der Waals surface area (Å²) in [6.07, 6.45) is 4.42. The number of rotatable bonds is 6. The van der Waals surface area contributed by atoms with Gasteiger partial charge in [0.1, 0.15) is 27.4 Å². The fourth-order valence-electron chi connectivity index (χ4n) is 1.71. The highest BCUT2D eigenvalue weighted by atomic mass is 79.9. The average molecular weight is 356 g/mol. The molecule has 0 amide bonds. The largest absolute Gasteiger partial charge is 0.369 e. The standard InChI is InChI=1S/C13H18BrN5S/c1-4-5-15-10-9(14)11(18-8-17-10)19-13(2,3)12-16-6-7-20-12/h6-8H,4-5H2,1-3H3,(H2,15,17,18,19). The van der Waals surface area contributed by atoms with Crippen molar-refractivity contribution in [3.63, 3.8) is 0 Å². The second kappa shape index (κ2) is 6.49. The molecular formula is C13H18BrN5S. The van der Waals surface area contributed by atoms with E-state index in [0.717, 1.165) is 34.1 Å². The zero-order valence-electron chi connectivity index (χ0n) is 11.8. The van der Waals surface area contributed by atoms with Crippen LogP contribution in [0.2, 0.25) is 0 Å². The van der Waals surface area contributed by atoms with Crippen LogP contribution in [-0.4, -0.2) is 21.5 Å². The Morgan fingerprint density at radius 3 is 2.65 bits per heavy atom. The van der Waals surface area contributed by atoms with Gasteiger partial charge >= 0.3 is 0 Å². The highest BCUT2D eigenvalue weighted by Gasteiger charge is 2.25. The summed E-state index contributed by atoms with van der Waals surface area (Å²) in [5.74, 6) is 1.57. The topological polar surface area (TPSA) is 62.7 Å². The number of nitrogens with one attached hydrogen (secondary N) is 2. The van der Waals surface area contributed by atoms with Crippen LogP contribution in [0.5, 0.6) is 0 Å². The van der Waals surface area contributed by atoms with Gasteiger partial charge in [-0.25, -0.2) is 15.0 Å². The normalized spacial score (nSPS) is 11.4. The van der Waals surface area contributed by atoms with E-state index in [1.165, 1.54) is 0 Å².